The number of fused-ring (bicyclic) bond motifs is 4. The monoisotopic (exact) mass is 488 g/mol. The summed E-state index contributed by atoms with van der Waals surface area (Å²) in [6, 6.07) is 27.8. The van der Waals surface area contributed by atoms with Gasteiger partial charge in [0.1, 0.15) is 6.10 Å². The molecule has 0 saturated heterocycles. The van der Waals surface area contributed by atoms with Crippen molar-refractivity contribution in [3.05, 3.63) is 107 Å². The summed E-state index contributed by atoms with van der Waals surface area (Å²) in [4.78, 5) is 14.1. The molecule has 0 N–H and O–H groups in total. The van der Waals surface area contributed by atoms with Crippen molar-refractivity contribution in [3.8, 4) is 11.1 Å². The van der Waals surface area contributed by atoms with E-state index < -0.39 is 0 Å². The second kappa shape index (κ2) is 9.49. The zero-order chi connectivity index (χ0) is 25.7. The Morgan fingerprint density at radius 3 is 2.43 bits per heavy atom. The zero-order valence-corrected chi connectivity index (χ0v) is 22.3. The average Bonchev–Trinajstić information content (AvgIpc) is 3.23. The average molecular weight is 489 g/mol. The van der Waals surface area contributed by atoms with Gasteiger partial charge in [-0.25, -0.2) is 4.79 Å². The number of hydrogen-bond acceptors (Lipinski definition) is 2. The molecule has 188 valence electrons. The van der Waals surface area contributed by atoms with Crippen LogP contribution in [0, 0.1) is 24.7 Å². The number of carbonyl (C=O) groups is 1. The highest BCUT2D eigenvalue weighted by Gasteiger charge is 2.37. The van der Waals surface area contributed by atoms with Crippen molar-refractivity contribution in [1.29, 1.82) is 0 Å². The van der Waals surface area contributed by atoms with E-state index in [1.54, 1.807) is 0 Å². The summed E-state index contributed by atoms with van der Waals surface area (Å²) in [5.74, 6) is 1.31. The maximum absolute atomic E-state index is 14.1. The van der Waals surface area contributed by atoms with Crippen LogP contribution in [0.5, 0.6) is 0 Å². The molecule has 0 bridgehead atoms. The zero-order valence-electron chi connectivity index (χ0n) is 22.3. The van der Waals surface area contributed by atoms with Gasteiger partial charge in [0.25, 0.3) is 0 Å². The van der Waals surface area contributed by atoms with Gasteiger partial charge in [-0.3, -0.25) is 0 Å². The first-order valence-electron chi connectivity index (χ1n) is 13.9. The van der Waals surface area contributed by atoms with Crippen molar-refractivity contribution in [3.63, 3.8) is 0 Å². The van der Waals surface area contributed by atoms with E-state index in [0.29, 0.717) is 23.3 Å². The Morgan fingerprint density at radius 2 is 1.59 bits per heavy atom. The highest BCUT2D eigenvalue weighted by atomic mass is 16.5. The third-order valence-corrected chi connectivity index (χ3v) is 8.87. The molecule has 4 aromatic carbocycles. The third kappa shape index (κ3) is 4.07. The largest absolute Gasteiger partial charge is 0.458 e. The SMILES string of the molecule is Cc1cccc2c1[C@H](c1c(C(=O)O[C@@H]3C[C@H](C)CC[C@H]3C(C)C)ccc3ccccc13)c1ccccc1-2. The van der Waals surface area contributed by atoms with E-state index in [1.165, 1.54) is 34.2 Å². The molecule has 4 aromatic rings. The van der Waals surface area contributed by atoms with Gasteiger partial charge in [0, 0.05) is 5.92 Å². The van der Waals surface area contributed by atoms with Gasteiger partial charge in [-0.2, -0.15) is 0 Å². The van der Waals surface area contributed by atoms with Crippen LogP contribution in [-0.4, -0.2) is 12.1 Å². The van der Waals surface area contributed by atoms with E-state index in [0.717, 1.165) is 29.2 Å². The molecule has 0 unspecified atom stereocenters. The molecule has 2 nitrogen and oxygen atoms in total. The van der Waals surface area contributed by atoms with E-state index in [4.69, 9.17) is 4.74 Å². The quantitative estimate of drug-likeness (QED) is 0.236. The predicted octanol–water partition coefficient (Wildman–Crippen LogP) is 8.93. The lowest BCUT2D eigenvalue weighted by Crippen LogP contribution is -2.36. The minimum atomic E-state index is -0.176. The molecule has 0 heterocycles. The summed E-state index contributed by atoms with van der Waals surface area (Å²) in [7, 11) is 0. The van der Waals surface area contributed by atoms with Crippen molar-refractivity contribution < 1.29 is 9.53 Å². The maximum Gasteiger partial charge on any atom is 0.338 e. The van der Waals surface area contributed by atoms with E-state index in [2.05, 4.69) is 100 Å². The minimum absolute atomic E-state index is 0.00720. The summed E-state index contributed by atoms with van der Waals surface area (Å²) < 4.78 is 6.44. The Labute approximate surface area is 220 Å². The lowest BCUT2D eigenvalue weighted by atomic mass is 9.75. The van der Waals surface area contributed by atoms with E-state index in [1.807, 2.05) is 6.07 Å². The molecule has 4 atom stereocenters. The van der Waals surface area contributed by atoms with Gasteiger partial charge in [-0.1, -0.05) is 100.0 Å². The first-order valence-corrected chi connectivity index (χ1v) is 13.9. The smallest absolute Gasteiger partial charge is 0.338 e. The standard InChI is InChI=1S/C35H36O2/c1-21(2)25-18-16-22(3)20-31(25)37-35(36)30-19-17-24-11-5-6-12-26(24)33(30)34-29-14-8-7-13-27(29)28-15-9-10-23(4)32(28)34/h5-15,17,19,21-22,25,31,34H,16,18,20H2,1-4H3/t22-,25+,31-,34-/m1/s1. The van der Waals surface area contributed by atoms with Crippen LogP contribution < -0.4 is 0 Å². The van der Waals surface area contributed by atoms with Crippen LogP contribution in [0.1, 0.15) is 78.6 Å². The fraction of sp³-hybridized carbons (Fsp3) is 0.343. The molecule has 1 saturated carbocycles. The number of ether oxygens (including phenoxy) is 1. The van der Waals surface area contributed by atoms with Gasteiger partial charge in [-0.05, 0) is 87.7 Å². The molecule has 1 fully saturated rings. The summed E-state index contributed by atoms with van der Waals surface area (Å²) in [6.07, 6.45) is 3.27. The molecule has 37 heavy (non-hydrogen) atoms. The molecule has 6 rings (SSSR count). The lowest BCUT2D eigenvalue weighted by molar-refractivity contribution is -0.0174. The Hall–Kier alpha value is -3.39. The van der Waals surface area contributed by atoms with Crippen LogP contribution in [0.25, 0.3) is 21.9 Å². The Balaban J connectivity index is 1.53. The number of carbonyl (C=O) groups excluding carboxylic acids is 1. The first kappa shape index (κ1) is 24.0. The molecule has 2 aliphatic carbocycles. The fourth-order valence-electron chi connectivity index (χ4n) is 6.98. The van der Waals surface area contributed by atoms with Gasteiger partial charge in [-0.15, -0.1) is 0 Å². The molecule has 2 aliphatic rings. The van der Waals surface area contributed by atoms with Gasteiger partial charge >= 0.3 is 5.97 Å². The van der Waals surface area contributed by atoms with E-state index in [9.17, 15) is 4.79 Å². The highest BCUT2D eigenvalue weighted by molar-refractivity contribution is 6.01. The number of hydrogen-bond donors (Lipinski definition) is 0. The summed E-state index contributed by atoms with van der Waals surface area (Å²) in [5, 5.41) is 2.28. The lowest BCUT2D eigenvalue weighted by Gasteiger charge is -2.37. The molecule has 0 aliphatic heterocycles. The normalized spacial score (nSPS) is 22.6. The van der Waals surface area contributed by atoms with E-state index in [-0.39, 0.29) is 18.0 Å². The van der Waals surface area contributed by atoms with Crippen LogP contribution in [0.4, 0.5) is 0 Å². The van der Waals surface area contributed by atoms with E-state index >= 15 is 0 Å². The second-order valence-corrected chi connectivity index (χ2v) is 11.6. The summed E-state index contributed by atoms with van der Waals surface area (Å²) in [6.45, 7) is 9.00. The Kier molecular flexibility index (Phi) is 6.15. The number of esters is 1. The van der Waals surface area contributed by atoms with Gasteiger partial charge < -0.3 is 4.74 Å². The number of benzene rings is 4. The van der Waals surface area contributed by atoms with Gasteiger partial charge in [0.05, 0.1) is 5.56 Å². The summed E-state index contributed by atoms with van der Waals surface area (Å²) in [5.41, 5.74) is 8.15. The molecule has 2 heteroatoms. The van der Waals surface area contributed by atoms with Crippen molar-refractivity contribution in [1.82, 2.24) is 0 Å². The third-order valence-electron chi connectivity index (χ3n) is 8.87. The highest BCUT2D eigenvalue weighted by Crippen LogP contribution is 2.51. The molecule has 0 amide bonds. The molecular formula is C35H36O2. The molecule has 0 spiro atoms. The van der Waals surface area contributed by atoms with Crippen molar-refractivity contribution in [2.24, 2.45) is 17.8 Å². The first-order chi connectivity index (χ1) is 17.9. The van der Waals surface area contributed by atoms with Crippen LogP contribution in [-0.2, 0) is 4.74 Å². The molecule has 0 aromatic heterocycles. The maximum atomic E-state index is 14.1. The van der Waals surface area contributed by atoms with Crippen molar-refractivity contribution >= 4 is 16.7 Å². The Morgan fingerprint density at radius 1 is 0.838 bits per heavy atom. The van der Waals surface area contributed by atoms with Gasteiger partial charge in [0.15, 0.2) is 0 Å². The van der Waals surface area contributed by atoms with Crippen LogP contribution in [0.15, 0.2) is 78.9 Å². The number of rotatable bonds is 4. The second-order valence-electron chi connectivity index (χ2n) is 11.6. The van der Waals surface area contributed by atoms with Crippen molar-refractivity contribution in [2.75, 3.05) is 0 Å². The summed E-state index contributed by atoms with van der Waals surface area (Å²) >= 11 is 0. The molecular weight excluding hydrogens is 452 g/mol. The topological polar surface area (TPSA) is 26.3 Å². The number of aryl methyl sites for hydroxylation is 1. The van der Waals surface area contributed by atoms with Crippen molar-refractivity contribution in [2.45, 2.75) is 59.0 Å². The fourth-order valence-corrected chi connectivity index (χ4v) is 6.98. The van der Waals surface area contributed by atoms with Gasteiger partial charge in [0.2, 0.25) is 0 Å². The minimum Gasteiger partial charge on any atom is -0.458 e. The van der Waals surface area contributed by atoms with Crippen LogP contribution >= 0.6 is 0 Å². The van der Waals surface area contributed by atoms with Crippen LogP contribution in [0.2, 0.25) is 0 Å². The molecule has 0 radical (unpaired) electrons. The Bertz CT molecular complexity index is 1480. The van der Waals surface area contributed by atoms with Crippen LogP contribution in [0.3, 0.4) is 0 Å². The predicted molar refractivity (Wildman–Crippen MR) is 152 cm³/mol.